The molecule has 1 N–H and O–H groups in total. The van der Waals surface area contributed by atoms with Crippen molar-refractivity contribution >= 4 is 16.9 Å². The molecule has 0 unspecified atom stereocenters. The molecule has 5 heteroatoms. The van der Waals surface area contributed by atoms with Gasteiger partial charge in [0.1, 0.15) is 5.82 Å². The van der Waals surface area contributed by atoms with Crippen molar-refractivity contribution < 1.29 is 4.79 Å². The third-order valence-electron chi connectivity index (χ3n) is 7.62. The van der Waals surface area contributed by atoms with E-state index >= 15 is 0 Å². The summed E-state index contributed by atoms with van der Waals surface area (Å²) in [5.41, 5.74) is 6.76. The number of likely N-dealkylation sites (tertiary alicyclic amines) is 1. The molecule has 0 saturated carbocycles. The fourth-order valence-electron chi connectivity index (χ4n) is 5.53. The van der Waals surface area contributed by atoms with Crippen LogP contribution in [0.4, 0.5) is 0 Å². The average Bonchev–Trinajstić information content (AvgIpc) is 3.34. The zero-order valence-electron chi connectivity index (χ0n) is 22.2. The zero-order chi connectivity index (χ0) is 26.4. The van der Waals surface area contributed by atoms with Crippen molar-refractivity contribution in [3.05, 3.63) is 126 Å². The molecular weight excluding hydrogens is 480 g/mol. The minimum absolute atomic E-state index is 0.0978. The lowest BCUT2D eigenvalue weighted by atomic mass is 10.0. The molecule has 1 aromatic heterocycles. The summed E-state index contributed by atoms with van der Waals surface area (Å²) in [6.45, 7) is 3.76. The number of hydrogen-bond donors (Lipinski definition) is 1. The summed E-state index contributed by atoms with van der Waals surface area (Å²) >= 11 is 0. The first-order valence-electron chi connectivity index (χ1n) is 13.9. The fourth-order valence-corrected chi connectivity index (χ4v) is 5.53. The average molecular weight is 515 g/mol. The first kappa shape index (κ1) is 25.1. The number of fused-ring (bicyclic) bond motifs is 1. The van der Waals surface area contributed by atoms with Crippen LogP contribution in [-0.2, 0) is 24.3 Å². The molecule has 196 valence electrons. The number of benzene rings is 4. The summed E-state index contributed by atoms with van der Waals surface area (Å²) in [5, 5.41) is 3.27. The Kier molecular flexibility index (Phi) is 7.50. The van der Waals surface area contributed by atoms with E-state index in [1.54, 1.807) is 0 Å². The number of carbonyl (C=O) groups is 1. The Morgan fingerprint density at radius 3 is 2.03 bits per heavy atom. The normalized spacial score (nSPS) is 14.5. The maximum absolute atomic E-state index is 12.8. The SMILES string of the molecule is O=C(Cc1ccc(-c2nc3ccccc3n2Cc2ccccc2)cc1)NC1CCN(Cc2ccccc2)CC1. The van der Waals surface area contributed by atoms with E-state index in [0.29, 0.717) is 6.42 Å². The van der Waals surface area contributed by atoms with Gasteiger partial charge in [-0.25, -0.2) is 4.98 Å². The molecule has 1 saturated heterocycles. The van der Waals surface area contributed by atoms with Crippen molar-refractivity contribution in [2.24, 2.45) is 0 Å². The minimum Gasteiger partial charge on any atom is -0.353 e. The van der Waals surface area contributed by atoms with Crippen LogP contribution in [0.15, 0.2) is 109 Å². The van der Waals surface area contributed by atoms with E-state index in [-0.39, 0.29) is 11.9 Å². The number of piperidine rings is 1. The van der Waals surface area contributed by atoms with Crippen LogP contribution in [0.1, 0.15) is 29.5 Å². The summed E-state index contributed by atoms with van der Waals surface area (Å²) in [4.78, 5) is 20.3. The molecule has 0 bridgehead atoms. The molecule has 0 spiro atoms. The van der Waals surface area contributed by atoms with Gasteiger partial charge < -0.3 is 9.88 Å². The third kappa shape index (κ3) is 6.10. The smallest absolute Gasteiger partial charge is 0.224 e. The Morgan fingerprint density at radius 2 is 1.33 bits per heavy atom. The molecule has 1 amide bonds. The van der Waals surface area contributed by atoms with Crippen molar-refractivity contribution in [1.82, 2.24) is 19.8 Å². The number of rotatable bonds is 8. The Hall–Kier alpha value is -4.22. The predicted octanol–water partition coefficient (Wildman–Crippen LogP) is 6.07. The van der Waals surface area contributed by atoms with Gasteiger partial charge in [-0.05, 0) is 41.7 Å². The Labute approximate surface area is 230 Å². The molecule has 6 rings (SSSR count). The van der Waals surface area contributed by atoms with Crippen LogP contribution in [0.25, 0.3) is 22.4 Å². The monoisotopic (exact) mass is 514 g/mol. The van der Waals surface area contributed by atoms with E-state index in [1.807, 2.05) is 12.1 Å². The van der Waals surface area contributed by atoms with Gasteiger partial charge in [-0.2, -0.15) is 0 Å². The van der Waals surface area contributed by atoms with Crippen molar-refractivity contribution in [2.75, 3.05) is 13.1 Å². The lowest BCUT2D eigenvalue weighted by Crippen LogP contribution is -2.44. The van der Waals surface area contributed by atoms with E-state index in [2.05, 4.69) is 112 Å². The first-order valence-corrected chi connectivity index (χ1v) is 13.9. The van der Waals surface area contributed by atoms with Gasteiger partial charge >= 0.3 is 0 Å². The van der Waals surface area contributed by atoms with Crippen LogP contribution in [-0.4, -0.2) is 39.5 Å². The fraction of sp³-hybridized carbons (Fsp3) is 0.235. The van der Waals surface area contributed by atoms with Crippen molar-refractivity contribution in [1.29, 1.82) is 0 Å². The molecule has 5 nitrogen and oxygen atoms in total. The highest BCUT2D eigenvalue weighted by atomic mass is 16.1. The molecule has 2 heterocycles. The highest BCUT2D eigenvalue weighted by molar-refractivity contribution is 5.81. The molecule has 4 aromatic carbocycles. The van der Waals surface area contributed by atoms with E-state index < -0.39 is 0 Å². The molecule has 0 radical (unpaired) electrons. The van der Waals surface area contributed by atoms with Crippen LogP contribution in [0.2, 0.25) is 0 Å². The molecule has 1 aliphatic heterocycles. The zero-order valence-corrected chi connectivity index (χ0v) is 22.2. The second kappa shape index (κ2) is 11.7. The van der Waals surface area contributed by atoms with Gasteiger partial charge in [-0.1, -0.05) is 97.1 Å². The van der Waals surface area contributed by atoms with E-state index in [4.69, 9.17) is 4.98 Å². The largest absolute Gasteiger partial charge is 0.353 e. The maximum Gasteiger partial charge on any atom is 0.224 e. The molecule has 1 fully saturated rings. The summed E-state index contributed by atoms with van der Waals surface area (Å²) in [5.74, 6) is 1.04. The van der Waals surface area contributed by atoms with Gasteiger partial charge in [0.25, 0.3) is 0 Å². The van der Waals surface area contributed by atoms with E-state index in [9.17, 15) is 4.79 Å². The predicted molar refractivity (Wildman–Crippen MR) is 157 cm³/mol. The lowest BCUT2D eigenvalue weighted by Gasteiger charge is -2.32. The summed E-state index contributed by atoms with van der Waals surface area (Å²) in [7, 11) is 0. The van der Waals surface area contributed by atoms with E-state index in [0.717, 1.165) is 67.0 Å². The van der Waals surface area contributed by atoms with Crippen molar-refractivity contribution in [2.45, 2.75) is 38.4 Å². The standard InChI is InChI=1S/C34H34N4O/c39-33(35-30-19-21-37(22-20-30)24-27-9-3-1-4-10-27)23-26-15-17-29(18-16-26)34-36-31-13-7-8-14-32(31)38(34)25-28-11-5-2-6-12-28/h1-18,30H,19-25H2,(H,35,39). The summed E-state index contributed by atoms with van der Waals surface area (Å²) < 4.78 is 2.27. The highest BCUT2D eigenvalue weighted by Crippen LogP contribution is 2.26. The Morgan fingerprint density at radius 1 is 0.718 bits per heavy atom. The third-order valence-corrected chi connectivity index (χ3v) is 7.62. The minimum atomic E-state index is 0.0978. The number of para-hydroxylation sites is 2. The van der Waals surface area contributed by atoms with Gasteiger partial charge in [0.2, 0.25) is 5.91 Å². The van der Waals surface area contributed by atoms with Gasteiger partial charge in [0, 0.05) is 37.8 Å². The van der Waals surface area contributed by atoms with Gasteiger partial charge in [-0.15, -0.1) is 0 Å². The van der Waals surface area contributed by atoms with Gasteiger partial charge in [-0.3, -0.25) is 9.69 Å². The molecule has 0 atom stereocenters. The van der Waals surface area contributed by atoms with Gasteiger partial charge in [0.05, 0.1) is 17.5 Å². The first-order chi connectivity index (χ1) is 19.2. The maximum atomic E-state index is 12.8. The van der Waals surface area contributed by atoms with Gasteiger partial charge in [0.15, 0.2) is 0 Å². The van der Waals surface area contributed by atoms with Crippen LogP contribution in [0, 0.1) is 0 Å². The number of carbonyl (C=O) groups excluding carboxylic acids is 1. The second-order valence-corrected chi connectivity index (χ2v) is 10.5. The van der Waals surface area contributed by atoms with Crippen LogP contribution >= 0.6 is 0 Å². The quantitative estimate of drug-likeness (QED) is 0.273. The number of aromatic nitrogens is 2. The lowest BCUT2D eigenvalue weighted by molar-refractivity contribution is -0.121. The number of amides is 1. The van der Waals surface area contributed by atoms with Crippen LogP contribution < -0.4 is 5.32 Å². The molecule has 5 aromatic rings. The topological polar surface area (TPSA) is 50.2 Å². The van der Waals surface area contributed by atoms with Crippen molar-refractivity contribution in [3.8, 4) is 11.4 Å². The Balaban J connectivity index is 1.08. The number of nitrogens with zero attached hydrogens (tertiary/aromatic N) is 3. The van der Waals surface area contributed by atoms with E-state index in [1.165, 1.54) is 11.1 Å². The summed E-state index contributed by atoms with van der Waals surface area (Å²) in [6.07, 6.45) is 2.38. The summed E-state index contributed by atoms with van der Waals surface area (Å²) in [6, 6.07) is 37.9. The second-order valence-electron chi connectivity index (χ2n) is 10.5. The molecular formula is C34H34N4O. The van der Waals surface area contributed by atoms with Crippen molar-refractivity contribution in [3.63, 3.8) is 0 Å². The Bertz CT molecular complexity index is 1520. The highest BCUT2D eigenvalue weighted by Gasteiger charge is 2.21. The van der Waals surface area contributed by atoms with Crippen LogP contribution in [0.3, 0.4) is 0 Å². The molecule has 0 aliphatic carbocycles. The number of imidazole rings is 1. The number of nitrogens with one attached hydrogen (secondary N) is 1. The number of hydrogen-bond acceptors (Lipinski definition) is 3. The molecule has 1 aliphatic rings. The molecule has 39 heavy (non-hydrogen) atoms. The van der Waals surface area contributed by atoms with Crippen LogP contribution in [0.5, 0.6) is 0 Å².